The average Bonchev–Trinajstić information content (AvgIpc) is 2.33. The zero-order valence-corrected chi connectivity index (χ0v) is 10.6. The highest BCUT2D eigenvalue weighted by Crippen LogP contribution is 2.28. The first-order valence-electron chi connectivity index (χ1n) is 5.77. The van der Waals surface area contributed by atoms with E-state index in [2.05, 4.69) is 5.32 Å². The number of thioether (sulfide) groups is 1. The third-order valence-electron chi connectivity index (χ3n) is 3.08. The Bertz CT molecular complexity index is 417. The minimum Gasteiger partial charge on any atom is -0.382 e. The molecule has 0 aromatic heterocycles. The lowest BCUT2D eigenvalue weighted by Gasteiger charge is -2.24. The van der Waals surface area contributed by atoms with Gasteiger partial charge in [0.15, 0.2) is 0 Å². The first-order valence-corrected chi connectivity index (χ1v) is 6.92. The summed E-state index contributed by atoms with van der Waals surface area (Å²) in [5.41, 5.74) is 1.83. The van der Waals surface area contributed by atoms with Gasteiger partial charge in [-0.2, -0.15) is 11.8 Å². The predicted molar refractivity (Wildman–Crippen MR) is 71.8 cm³/mol. The largest absolute Gasteiger partial charge is 0.382 e. The van der Waals surface area contributed by atoms with Crippen LogP contribution in [0.15, 0.2) is 18.2 Å². The summed E-state index contributed by atoms with van der Waals surface area (Å²) in [6.45, 7) is 1.80. The molecule has 5 heteroatoms. The Hall–Kier alpha value is -1.23. The van der Waals surface area contributed by atoms with E-state index >= 15 is 0 Å². The van der Waals surface area contributed by atoms with Crippen molar-refractivity contribution in [3.63, 3.8) is 0 Å². The Morgan fingerprint density at radius 1 is 1.41 bits per heavy atom. The standard InChI is InChI=1S/C12H16N2O2S/c1-9-11(3-2-4-12(9)14(15)16)13-10-5-7-17-8-6-10/h2-4,10,13H,5-8H2,1H3. The molecule has 1 saturated heterocycles. The van der Waals surface area contributed by atoms with Gasteiger partial charge in [-0.05, 0) is 37.3 Å². The molecule has 0 atom stereocenters. The van der Waals surface area contributed by atoms with Crippen molar-refractivity contribution in [2.75, 3.05) is 16.8 Å². The van der Waals surface area contributed by atoms with Crippen molar-refractivity contribution < 1.29 is 4.92 Å². The highest BCUT2D eigenvalue weighted by molar-refractivity contribution is 7.99. The molecule has 92 valence electrons. The van der Waals surface area contributed by atoms with Crippen LogP contribution >= 0.6 is 11.8 Å². The first kappa shape index (κ1) is 12.2. The van der Waals surface area contributed by atoms with Crippen LogP contribution in [0, 0.1) is 17.0 Å². The molecule has 2 rings (SSSR count). The molecule has 1 aliphatic rings. The van der Waals surface area contributed by atoms with E-state index < -0.39 is 0 Å². The molecular weight excluding hydrogens is 236 g/mol. The summed E-state index contributed by atoms with van der Waals surface area (Å²) >= 11 is 1.97. The quantitative estimate of drug-likeness (QED) is 0.663. The zero-order chi connectivity index (χ0) is 12.3. The lowest BCUT2D eigenvalue weighted by atomic mass is 10.1. The molecule has 1 aromatic rings. The van der Waals surface area contributed by atoms with E-state index in [9.17, 15) is 10.1 Å². The summed E-state index contributed by atoms with van der Waals surface area (Å²) in [4.78, 5) is 10.5. The molecule has 1 fully saturated rings. The number of nitro benzene ring substituents is 1. The van der Waals surface area contributed by atoms with Crippen molar-refractivity contribution in [1.82, 2.24) is 0 Å². The molecule has 1 aliphatic heterocycles. The maximum Gasteiger partial charge on any atom is 0.274 e. The molecule has 0 radical (unpaired) electrons. The third kappa shape index (κ3) is 2.91. The Morgan fingerprint density at radius 3 is 2.76 bits per heavy atom. The van der Waals surface area contributed by atoms with E-state index in [1.807, 2.05) is 17.8 Å². The minimum absolute atomic E-state index is 0.195. The molecule has 1 heterocycles. The van der Waals surface area contributed by atoms with Crippen molar-refractivity contribution >= 4 is 23.1 Å². The highest BCUT2D eigenvalue weighted by atomic mass is 32.2. The summed E-state index contributed by atoms with van der Waals surface area (Å²) in [5, 5.41) is 14.3. The lowest BCUT2D eigenvalue weighted by molar-refractivity contribution is -0.385. The third-order valence-corrected chi connectivity index (χ3v) is 4.13. The SMILES string of the molecule is Cc1c(NC2CCSCC2)cccc1[N+](=O)[O-]. The van der Waals surface area contributed by atoms with Crippen LogP contribution in [-0.2, 0) is 0 Å². The van der Waals surface area contributed by atoms with Crippen molar-refractivity contribution in [2.24, 2.45) is 0 Å². The van der Waals surface area contributed by atoms with E-state index in [1.54, 1.807) is 19.1 Å². The highest BCUT2D eigenvalue weighted by Gasteiger charge is 2.17. The van der Waals surface area contributed by atoms with E-state index in [0.29, 0.717) is 6.04 Å². The number of nitrogens with one attached hydrogen (secondary N) is 1. The van der Waals surface area contributed by atoms with Gasteiger partial charge >= 0.3 is 0 Å². The number of rotatable bonds is 3. The van der Waals surface area contributed by atoms with Gasteiger partial charge in [-0.25, -0.2) is 0 Å². The molecule has 0 spiro atoms. The molecule has 1 aromatic carbocycles. The van der Waals surface area contributed by atoms with Crippen molar-refractivity contribution in [2.45, 2.75) is 25.8 Å². The number of nitrogens with zero attached hydrogens (tertiary/aromatic N) is 1. The molecule has 0 bridgehead atoms. The smallest absolute Gasteiger partial charge is 0.274 e. The Balaban J connectivity index is 2.15. The molecular formula is C12H16N2O2S. The Labute approximate surface area is 105 Å². The molecule has 1 N–H and O–H groups in total. The molecule has 17 heavy (non-hydrogen) atoms. The molecule has 4 nitrogen and oxygen atoms in total. The second-order valence-corrected chi connectivity index (χ2v) is 5.46. The first-order chi connectivity index (χ1) is 8.18. The fourth-order valence-corrected chi connectivity index (χ4v) is 3.15. The van der Waals surface area contributed by atoms with Crippen LogP contribution in [0.1, 0.15) is 18.4 Å². The summed E-state index contributed by atoms with van der Waals surface area (Å²) in [5.74, 6) is 2.34. The Kier molecular flexibility index (Phi) is 3.89. The Morgan fingerprint density at radius 2 is 2.12 bits per heavy atom. The van der Waals surface area contributed by atoms with Crippen molar-refractivity contribution in [3.05, 3.63) is 33.9 Å². The van der Waals surface area contributed by atoms with Gasteiger partial charge in [-0.15, -0.1) is 0 Å². The molecule has 0 saturated carbocycles. The predicted octanol–water partition coefficient (Wildman–Crippen LogP) is 3.21. The van der Waals surface area contributed by atoms with Gasteiger partial charge in [-0.1, -0.05) is 6.07 Å². The summed E-state index contributed by atoms with van der Waals surface area (Å²) in [6, 6.07) is 5.67. The summed E-state index contributed by atoms with van der Waals surface area (Å²) in [7, 11) is 0. The van der Waals surface area contributed by atoms with E-state index in [0.717, 1.165) is 24.1 Å². The van der Waals surface area contributed by atoms with E-state index in [4.69, 9.17) is 0 Å². The van der Waals surface area contributed by atoms with Crippen LogP contribution in [0.5, 0.6) is 0 Å². The van der Waals surface area contributed by atoms with Gasteiger partial charge in [0.05, 0.1) is 4.92 Å². The van der Waals surface area contributed by atoms with Crippen LogP contribution in [-0.4, -0.2) is 22.5 Å². The van der Waals surface area contributed by atoms with Gasteiger partial charge in [0.1, 0.15) is 0 Å². The summed E-state index contributed by atoms with van der Waals surface area (Å²) in [6.07, 6.45) is 2.26. The van der Waals surface area contributed by atoms with Gasteiger partial charge in [-0.3, -0.25) is 10.1 Å². The zero-order valence-electron chi connectivity index (χ0n) is 9.81. The number of hydrogen-bond donors (Lipinski definition) is 1. The van der Waals surface area contributed by atoms with Crippen molar-refractivity contribution in [1.29, 1.82) is 0 Å². The fraction of sp³-hybridized carbons (Fsp3) is 0.500. The van der Waals surface area contributed by atoms with Crippen molar-refractivity contribution in [3.8, 4) is 0 Å². The lowest BCUT2D eigenvalue weighted by Crippen LogP contribution is -2.24. The fourth-order valence-electron chi connectivity index (χ4n) is 2.04. The number of hydrogen-bond acceptors (Lipinski definition) is 4. The van der Waals surface area contributed by atoms with E-state index in [-0.39, 0.29) is 10.6 Å². The second-order valence-electron chi connectivity index (χ2n) is 4.24. The van der Waals surface area contributed by atoms with Crippen LogP contribution < -0.4 is 5.32 Å². The molecule has 0 aliphatic carbocycles. The maximum absolute atomic E-state index is 10.8. The van der Waals surface area contributed by atoms with Crippen LogP contribution in [0.4, 0.5) is 11.4 Å². The van der Waals surface area contributed by atoms with Gasteiger partial charge in [0, 0.05) is 23.4 Å². The molecule has 0 amide bonds. The maximum atomic E-state index is 10.8. The van der Waals surface area contributed by atoms with Crippen LogP contribution in [0.25, 0.3) is 0 Å². The minimum atomic E-state index is -0.322. The van der Waals surface area contributed by atoms with Crippen LogP contribution in [0.2, 0.25) is 0 Å². The van der Waals surface area contributed by atoms with Gasteiger partial charge in [0.2, 0.25) is 0 Å². The van der Waals surface area contributed by atoms with E-state index in [1.165, 1.54) is 11.5 Å². The second kappa shape index (κ2) is 5.40. The monoisotopic (exact) mass is 252 g/mol. The topological polar surface area (TPSA) is 55.2 Å². The number of anilines is 1. The van der Waals surface area contributed by atoms with Crippen LogP contribution in [0.3, 0.4) is 0 Å². The average molecular weight is 252 g/mol. The molecule has 0 unspecified atom stereocenters. The summed E-state index contributed by atoms with van der Waals surface area (Å²) < 4.78 is 0. The van der Waals surface area contributed by atoms with Gasteiger partial charge in [0.25, 0.3) is 5.69 Å². The number of benzene rings is 1. The number of nitro groups is 1. The normalized spacial score (nSPS) is 16.8. The van der Waals surface area contributed by atoms with Gasteiger partial charge < -0.3 is 5.32 Å².